The van der Waals surface area contributed by atoms with Crippen molar-refractivity contribution in [3.63, 3.8) is 0 Å². The molecule has 1 aromatic carbocycles. The summed E-state index contributed by atoms with van der Waals surface area (Å²) in [7, 11) is 2.04. The molecule has 0 saturated carbocycles. The second-order valence-electron chi connectivity index (χ2n) is 7.71. The zero-order chi connectivity index (χ0) is 20.9. The summed E-state index contributed by atoms with van der Waals surface area (Å²) in [4.78, 5) is 26.6. The van der Waals surface area contributed by atoms with Crippen molar-refractivity contribution in [3.05, 3.63) is 50.9 Å². The Hall–Kier alpha value is -3.06. The van der Waals surface area contributed by atoms with E-state index in [2.05, 4.69) is 27.9 Å². The van der Waals surface area contributed by atoms with Gasteiger partial charge in [0.2, 0.25) is 0 Å². The molecule has 7 nitrogen and oxygen atoms in total. The van der Waals surface area contributed by atoms with Crippen molar-refractivity contribution in [2.45, 2.75) is 39.2 Å². The molecule has 0 radical (unpaired) electrons. The average molecular weight is 395 g/mol. The van der Waals surface area contributed by atoms with Crippen LogP contribution in [0.2, 0.25) is 0 Å². The van der Waals surface area contributed by atoms with E-state index < -0.39 is 22.8 Å². The lowest BCUT2D eigenvalue weighted by Gasteiger charge is -2.16. The number of benzene rings is 1. The fourth-order valence-corrected chi connectivity index (χ4v) is 4.45. The van der Waals surface area contributed by atoms with E-state index >= 15 is 0 Å². The number of carboxylic acid groups (broad SMARTS) is 1. The Morgan fingerprint density at radius 1 is 1.38 bits per heavy atom. The normalized spacial score (nSPS) is 15.8. The summed E-state index contributed by atoms with van der Waals surface area (Å²) in [6.45, 7) is 5.67. The number of nitrogens with one attached hydrogen (secondary N) is 2. The maximum Gasteiger partial charge on any atom is 0.345 e. The molecule has 0 fully saturated rings. The summed E-state index contributed by atoms with van der Waals surface area (Å²) < 4.78 is 2.17. The topological polar surface area (TPSA) is 107 Å². The first kappa shape index (κ1) is 19.3. The van der Waals surface area contributed by atoms with Gasteiger partial charge in [-0.25, -0.2) is 4.79 Å². The second kappa shape index (κ2) is 7.08. The second-order valence-corrected chi connectivity index (χ2v) is 7.71. The summed E-state index contributed by atoms with van der Waals surface area (Å²) >= 11 is 0. The molecule has 2 heterocycles. The van der Waals surface area contributed by atoms with Crippen molar-refractivity contribution in [2.75, 3.05) is 6.54 Å². The zero-order valence-electron chi connectivity index (χ0n) is 16.8. The van der Waals surface area contributed by atoms with Gasteiger partial charge >= 0.3 is 5.97 Å². The Balaban J connectivity index is 2.00. The number of hydrogen-bond donors (Lipinski definition) is 4. The number of carboxylic acids is 1. The monoisotopic (exact) mass is 395 g/mol. The maximum atomic E-state index is 12.4. The Morgan fingerprint density at radius 3 is 2.83 bits per heavy atom. The molecular weight excluding hydrogens is 370 g/mol. The van der Waals surface area contributed by atoms with Crippen molar-refractivity contribution in [3.8, 4) is 17.0 Å². The Morgan fingerprint density at radius 2 is 2.14 bits per heavy atom. The number of aromatic amines is 1. The van der Waals surface area contributed by atoms with Crippen LogP contribution in [0.5, 0.6) is 5.75 Å². The maximum absolute atomic E-state index is 12.4. The summed E-state index contributed by atoms with van der Waals surface area (Å²) in [6, 6.07) is 6.15. The number of hydrogen-bond acceptors (Lipinski definition) is 4. The van der Waals surface area contributed by atoms with Gasteiger partial charge in [0, 0.05) is 41.3 Å². The molecular formula is C22H25N3O4. The van der Waals surface area contributed by atoms with Crippen molar-refractivity contribution in [1.29, 1.82) is 0 Å². The molecule has 0 aliphatic heterocycles. The molecule has 3 aromatic rings. The van der Waals surface area contributed by atoms with Crippen molar-refractivity contribution in [1.82, 2.24) is 14.9 Å². The number of aromatic carboxylic acids is 1. The third kappa shape index (κ3) is 2.93. The van der Waals surface area contributed by atoms with Gasteiger partial charge in [0.15, 0.2) is 5.56 Å². The SMILES string of the molecule is CCNCc1cc2c3c(ccc2n1C)-c1[nH]c(=O)c(C(=O)O)c(O)c1[C@H](C)CC3. The average Bonchev–Trinajstić information content (AvgIpc) is 2.91. The largest absolute Gasteiger partial charge is 0.506 e. The first-order chi connectivity index (χ1) is 13.8. The van der Waals surface area contributed by atoms with E-state index in [1.54, 1.807) is 0 Å². The fraction of sp³-hybridized carbons (Fsp3) is 0.364. The standard InChI is InChI=1S/C22H25N3O4/c1-4-23-10-12-9-15-13-6-5-11(2)17-19(14(13)7-8-16(15)25(12)3)24-21(27)18(20(17)26)22(28)29/h7-9,11,23H,4-6,10H2,1-3H3,(H,28,29)(H2,24,26,27)/t11-/m1/s1. The molecule has 1 aliphatic rings. The molecule has 0 saturated heterocycles. The van der Waals surface area contributed by atoms with Crippen LogP contribution in [0.4, 0.5) is 0 Å². The van der Waals surface area contributed by atoms with Crippen LogP contribution in [0.1, 0.15) is 53.4 Å². The number of pyridine rings is 1. The highest BCUT2D eigenvalue weighted by Gasteiger charge is 2.29. The smallest absolute Gasteiger partial charge is 0.345 e. The predicted octanol–water partition coefficient (Wildman–Crippen LogP) is 3.10. The van der Waals surface area contributed by atoms with Gasteiger partial charge in [-0.15, -0.1) is 0 Å². The molecule has 2 aromatic heterocycles. The van der Waals surface area contributed by atoms with Gasteiger partial charge in [0.1, 0.15) is 5.75 Å². The minimum absolute atomic E-state index is 0.0904. The first-order valence-electron chi connectivity index (χ1n) is 9.88. The number of aromatic hydroxyl groups is 1. The summed E-state index contributed by atoms with van der Waals surface area (Å²) in [5, 5.41) is 24.5. The fourth-order valence-electron chi connectivity index (χ4n) is 4.45. The highest BCUT2D eigenvalue weighted by Crippen LogP contribution is 2.43. The van der Waals surface area contributed by atoms with E-state index in [-0.39, 0.29) is 5.92 Å². The number of fused-ring (bicyclic) bond motifs is 5. The molecule has 0 spiro atoms. The lowest BCUT2D eigenvalue weighted by molar-refractivity contribution is 0.0691. The summed E-state index contributed by atoms with van der Waals surface area (Å²) in [5.74, 6) is -1.93. The molecule has 152 valence electrons. The number of carbonyl (C=O) groups is 1. The lowest BCUT2D eigenvalue weighted by Crippen LogP contribution is -2.20. The molecule has 29 heavy (non-hydrogen) atoms. The van der Waals surface area contributed by atoms with Gasteiger partial charge in [0.25, 0.3) is 5.56 Å². The van der Waals surface area contributed by atoms with Crippen LogP contribution in [0.25, 0.3) is 22.2 Å². The molecule has 1 atom stereocenters. The quantitative estimate of drug-likeness (QED) is 0.543. The third-order valence-corrected chi connectivity index (χ3v) is 6.02. The van der Waals surface area contributed by atoms with E-state index in [1.807, 2.05) is 26.1 Å². The van der Waals surface area contributed by atoms with Gasteiger partial charge < -0.3 is 25.1 Å². The van der Waals surface area contributed by atoms with Crippen LogP contribution in [-0.4, -0.2) is 32.3 Å². The van der Waals surface area contributed by atoms with Gasteiger partial charge in [-0.2, -0.15) is 0 Å². The lowest BCUT2D eigenvalue weighted by atomic mass is 9.93. The molecule has 0 amide bonds. The molecule has 4 N–H and O–H groups in total. The number of aromatic nitrogens is 2. The molecule has 0 bridgehead atoms. The van der Waals surface area contributed by atoms with E-state index in [9.17, 15) is 19.8 Å². The Labute approximate surface area is 168 Å². The summed E-state index contributed by atoms with van der Waals surface area (Å²) in [6.07, 6.45) is 1.52. The van der Waals surface area contributed by atoms with E-state index in [4.69, 9.17) is 0 Å². The van der Waals surface area contributed by atoms with Crippen LogP contribution in [0.15, 0.2) is 23.0 Å². The van der Waals surface area contributed by atoms with Gasteiger partial charge in [0.05, 0.1) is 5.69 Å². The van der Waals surface area contributed by atoms with E-state index in [1.165, 1.54) is 5.69 Å². The minimum Gasteiger partial charge on any atom is -0.506 e. The first-order valence-corrected chi connectivity index (χ1v) is 9.88. The van der Waals surface area contributed by atoms with Crippen molar-refractivity contribution in [2.24, 2.45) is 7.05 Å². The van der Waals surface area contributed by atoms with Crippen LogP contribution >= 0.6 is 0 Å². The van der Waals surface area contributed by atoms with E-state index in [0.29, 0.717) is 11.3 Å². The number of aryl methyl sites for hydroxylation is 2. The molecule has 7 heteroatoms. The van der Waals surface area contributed by atoms with Crippen LogP contribution < -0.4 is 10.9 Å². The van der Waals surface area contributed by atoms with Crippen LogP contribution in [-0.2, 0) is 20.0 Å². The zero-order valence-corrected chi connectivity index (χ0v) is 16.8. The van der Waals surface area contributed by atoms with Gasteiger partial charge in [-0.1, -0.05) is 19.9 Å². The summed E-state index contributed by atoms with van der Waals surface area (Å²) in [5.41, 5.74) is 3.90. The van der Waals surface area contributed by atoms with Gasteiger partial charge in [-0.3, -0.25) is 4.79 Å². The third-order valence-electron chi connectivity index (χ3n) is 6.02. The Kier molecular flexibility index (Phi) is 4.70. The number of H-pyrrole nitrogens is 1. The molecule has 4 rings (SSSR count). The molecule has 0 unspecified atom stereocenters. The van der Waals surface area contributed by atoms with Crippen LogP contribution in [0.3, 0.4) is 0 Å². The van der Waals surface area contributed by atoms with Gasteiger partial charge in [-0.05, 0) is 43.0 Å². The minimum atomic E-state index is -1.42. The van der Waals surface area contributed by atoms with Crippen LogP contribution in [0, 0.1) is 0 Å². The highest BCUT2D eigenvalue weighted by atomic mass is 16.4. The predicted molar refractivity (Wildman–Crippen MR) is 112 cm³/mol. The Bertz CT molecular complexity index is 1190. The van der Waals surface area contributed by atoms with E-state index in [0.717, 1.165) is 48.0 Å². The molecule has 1 aliphatic carbocycles. The number of rotatable bonds is 4. The van der Waals surface area contributed by atoms with Crippen molar-refractivity contribution >= 4 is 16.9 Å². The number of nitrogens with zero attached hydrogens (tertiary/aromatic N) is 1. The highest BCUT2D eigenvalue weighted by molar-refractivity contribution is 5.95. The van der Waals surface area contributed by atoms with Crippen molar-refractivity contribution < 1.29 is 15.0 Å².